The summed E-state index contributed by atoms with van der Waals surface area (Å²) >= 11 is 6.54. The molecule has 4 N–H and O–H groups in total. The quantitative estimate of drug-likeness (QED) is 0.100. The van der Waals surface area contributed by atoms with Crippen LogP contribution in [0.25, 0.3) is 10.9 Å². The summed E-state index contributed by atoms with van der Waals surface area (Å²) in [7, 11) is 0. The maximum atomic E-state index is 13.6. The number of rotatable bonds is 13. The number of aliphatic hydroxyl groups is 2. The van der Waals surface area contributed by atoms with Crippen molar-refractivity contribution in [2.75, 3.05) is 30.4 Å². The van der Waals surface area contributed by atoms with E-state index in [-0.39, 0.29) is 30.6 Å². The highest BCUT2D eigenvalue weighted by Gasteiger charge is 2.22. The van der Waals surface area contributed by atoms with Crippen LogP contribution in [-0.4, -0.2) is 64.3 Å². The molecule has 5 rings (SSSR count). The van der Waals surface area contributed by atoms with Gasteiger partial charge >= 0.3 is 0 Å². The lowest BCUT2D eigenvalue weighted by Crippen LogP contribution is -2.40. The van der Waals surface area contributed by atoms with E-state index >= 15 is 0 Å². The van der Waals surface area contributed by atoms with Gasteiger partial charge in [0.1, 0.15) is 48.6 Å². The molecule has 1 aliphatic rings. The number of benzene rings is 3. The van der Waals surface area contributed by atoms with Crippen LogP contribution in [0.3, 0.4) is 0 Å². The lowest BCUT2D eigenvalue weighted by atomic mass is 10.1. The topological polar surface area (TPSA) is 149 Å². The number of nitrogens with one attached hydrogen (secondary N) is 2. The van der Waals surface area contributed by atoms with Gasteiger partial charge in [-0.25, -0.2) is 9.29 Å². The smallest absolute Gasteiger partial charge is 0.248 e. The fraction of sp³-hybridized carbons (Fsp3) is 0.286. The van der Waals surface area contributed by atoms with Gasteiger partial charge in [-0.1, -0.05) is 29.8 Å². The molecule has 0 aliphatic carbocycles. The molecule has 1 amide bonds. The highest BCUT2D eigenvalue weighted by Crippen LogP contribution is 2.38. The highest BCUT2D eigenvalue weighted by molar-refractivity contribution is 6.32. The molecule has 0 radical (unpaired) electrons. The van der Waals surface area contributed by atoms with Crippen LogP contribution < -0.4 is 20.1 Å². The van der Waals surface area contributed by atoms with Crippen LogP contribution in [0.5, 0.6) is 11.5 Å². The van der Waals surface area contributed by atoms with Crippen molar-refractivity contribution in [2.24, 2.45) is 0 Å². The number of hydrogen-bond acceptors (Lipinski definition) is 10. The van der Waals surface area contributed by atoms with Crippen LogP contribution in [0.1, 0.15) is 31.4 Å². The molecule has 1 aliphatic heterocycles. The molecule has 0 spiro atoms. The molecule has 13 heteroatoms. The number of nitriles is 1. The second-order valence-corrected chi connectivity index (χ2v) is 11.6. The van der Waals surface area contributed by atoms with E-state index in [1.54, 1.807) is 42.5 Å². The fourth-order valence-electron chi connectivity index (χ4n) is 5.12. The van der Waals surface area contributed by atoms with Crippen LogP contribution in [0.2, 0.25) is 5.02 Å². The maximum Gasteiger partial charge on any atom is 0.248 e. The average Bonchev–Trinajstić information content (AvgIpc) is 3.56. The Morgan fingerprint density at radius 3 is 2.71 bits per heavy atom. The van der Waals surface area contributed by atoms with Gasteiger partial charge in [0.05, 0.1) is 40.7 Å². The number of halogens is 2. The number of nitrogens with zero attached hydrogens (tertiary/aromatic N) is 3. The first-order chi connectivity index (χ1) is 23.1. The Kier molecular flexibility index (Phi) is 11.4. The van der Waals surface area contributed by atoms with Gasteiger partial charge in [-0.15, -0.1) is 0 Å². The van der Waals surface area contributed by atoms with Gasteiger partial charge < -0.3 is 35.1 Å². The normalized spacial score (nSPS) is 15.8. The van der Waals surface area contributed by atoms with Gasteiger partial charge in [0.25, 0.3) is 0 Å². The number of aliphatic hydroxyl groups excluding tert-OH is 2. The Labute approximate surface area is 282 Å². The van der Waals surface area contributed by atoms with Crippen molar-refractivity contribution in [2.45, 2.75) is 45.4 Å². The molecule has 250 valence electrons. The van der Waals surface area contributed by atoms with Crippen molar-refractivity contribution in [3.8, 4) is 17.6 Å². The molecule has 1 aromatic heterocycles. The second kappa shape index (κ2) is 15.9. The predicted octanol–water partition coefficient (Wildman–Crippen LogP) is 5.86. The number of carbonyl (C=O) groups excluding carboxylic acids is 1. The molecule has 4 aromatic rings. The fourth-order valence-corrected chi connectivity index (χ4v) is 5.36. The average molecular weight is 676 g/mol. The molecule has 11 nitrogen and oxygen atoms in total. The van der Waals surface area contributed by atoms with Crippen LogP contribution in [0.4, 0.5) is 21.5 Å². The Hall–Kier alpha value is -4.77. The number of ether oxygens (including phenoxy) is 3. The van der Waals surface area contributed by atoms with Crippen molar-refractivity contribution in [1.82, 2.24) is 9.88 Å². The SMILES string of the molecule is C[C@H](O)N(C/C=C/C(=O)Nc1cc2c(Nc3ccc(OCc4cccc(F)c4)c(Cl)c3)c(C#N)cnc2cc1O[C@H]1CCOC1)[C@H](C)O. The number of carbonyl (C=O) groups is 1. The predicted molar refractivity (Wildman–Crippen MR) is 180 cm³/mol. The summed E-state index contributed by atoms with van der Waals surface area (Å²) in [5.74, 6) is -0.0630. The third-order valence-corrected chi connectivity index (χ3v) is 7.85. The van der Waals surface area contributed by atoms with Crippen LogP contribution >= 0.6 is 11.6 Å². The number of aromatic nitrogens is 1. The summed E-state index contributed by atoms with van der Waals surface area (Å²) in [5.41, 5.74) is 2.73. The van der Waals surface area contributed by atoms with Gasteiger partial charge in [-0.3, -0.25) is 9.78 Å². The van der Waals surface area contributed by atoms with Crippen LogP contribution in [0, 0.1) is 17.1 Å². The summed E-state index contributed by atoms with van der Waals surface area (Å²) in [6.45, 7) is 4.25. The third-order valence-electron chi connectivity index (χ3n) is 7.56. The zero-order chi connectivity index (χ0) is 34.2. The highest BCUT2D eigenvalue weighted by atomic mass is 35.5. The molecule has 3 atom stereocenters. The maximum absolute atomic E-state index is 13.6. The van der Waals surface area contributed by atoms with Gasteiger partial charge in [-0.05, 0) is 55.8 Å². The number of amides is 1. The molecule has 48 heavy (non-hydrogen) atoms. The van der Waals surface area contributed by atoms with E-state index < -0.39 is 18.4 Å². The van der Waals surface area contributed by atoms with Gasteiger partial charge in [0.2, 0.25) is 5.91 Å². The number of pyridine rings is 1. The van der Waals surface area contributed by atoms with Crippen molar-refractivity contribution >= 4 is 45.5 Å². The van der Waals surface area contributed by atoms with E-state index in [1.165, 1.54) is 49.2 Å². The third kappa shape index (κ3) is 8.77. The van der Waals surface area contributed by atoms with Crippen molar-refractivity contribution in [3.63, 3.8) is 0 Å². The van der Waals surface area contributed by atoms with E-state index in [4.69, 9.17) is 25.8 Å². The number of hydrogen-bond donors (Lipinski definition) is 4. The first kappa shape index (κ1) is 34.6. The minimum absolute atomic E-state index is 0.123. The molecule has 1 saturated heterocycles. The first-order valence-electron chi connectivity index (χ1n) is 15.3. The van der Waals surface area contributed by atoms with Crippen molar-refractivity contribution in [3.05, 3.63) is 94.9 Å². The van der Waals surface area contributed by atoms with E-state index in [9.17, 15) is 24.7 Å². The van der Waals surface area contributed by atoms with E-state index in [2.05, 4.69) is 21.7 Å². The summed E-state index contributed by atoms with van der Waals surface area (Å²) in [6, 6.07) is 16.7. The van der Waals surface area contributed by atoms with E-state index in [0.717, 1.165) is 0 Å². The first-order valence-corrected chi connectivity index (χ1v) is 15.6. The monoisotopic (exact) mass is 675 g/mol. The van der Waals surface area contributed by atoms with E-state index in [1.807, 2.05) is 0 Å². The van der Waals surface area contributed by atoms with Crippen molar-refractivity contribution in [1.29, 1.82) is 5.26 Å². The van der Waals surface area contributed by atoms with Gasteiger partial charge in [0, 0.05) is 42.4 Å². The van der Waals surface area contributed by atoms with Crippen LogP contribution in [0.15, 0.2) is 72.9 Å². The summed E-state index contributed by atoms with van der Waals surface area (Å²) < 4.78 is 31.0. The lowest BCUT2D eigenvalue weighted by Gasteiger charge is -2.26. The molecule has 3 aromatic carbocycles. The Morgan fingerprint density at radius 1 is 1.21 bits per heavy atom. The summed E-state index contributed by atoms with van der Waals surface area (Å²) in [4.78, 5) is 18.9. The Balaban J connectivity index is 1.43. The minimum Gasteiger partial charge on any atom is -0.487 e. The van der Waals surface area contributed by atoms with Crippen LogP contribution in [-0.2, 0) is 16.1 Å². The second-order valence-electron chi connectivity index (χ2n) is 11.2. The van der Waals surface area contributed by atoms with Gasteiger partial charge in [0.15, 0.2) is 0 Å². The minimum atomic E-state index is -0.918. The molecule has 1 fully saturated rings. The molecule has 0 bridgehead atoms. The Morgan fingerprint density at radius 2 is 2.02 bits per heavy atom. The summed E-state index contributed by atoms with van der Waals surface area (Å²) in [6.07, 6.45) is 2.89. The molecule has 0 unspecified atom stereocenters. The zero-order valence-corrected chi connectivity index (χ0v) is 27.1. The molecule has 0 saturated carbocycles. The molecular formula is C35H35ClFN5O6. The largest absolute Gasteiger partial charge is 0.487 e. The number of anilines is 3. The molecule has 2 heterocycles. The Bertz CT molecular complexity index is 1830. The van der Waals surface area contributed by atoms with Gasteiger partial charge in [-0.2, -0.15) is 5.26 Å². The molecular weight excluding hydrogens is 641 g/mol. The number of fused-ring (bicyclic) bond motifs is 1. The lowest BCUT2D eigenvalue weighted by molar-refractivity contribution is -0.112. The zero-order valence-electron chi connectivity index (χ0n) is 26.3. The standard InChI is InChI=1S/C35H35ClFN5O6/c1-21(43)42(22(2)44)11-4-7-34(45)41-31-15-28-30(16-33(31)48-27-10-12-46-20-27)39-18-24(17-38)35(28)40-26-8-9-32(29(36)14-26)47-19-23-5-3-6-25(37)13-23/h3-9,13-16,18,21-22,27,43-44H,10-12,19-20H2,1-2H3,(H,39,40)(H,41,45)/b7-4+/t21-,22-,27-/m0/s1. The van der Waals surface area contributed by atoms with Crippen molar-refractivity contribution < 1.29 is 33.6 Å². The summed E-state index contributed by atoms with van der Waals surface area (Å²) in [5, 5.41) is 36.7. The van der Waals surface area contributed by atoms with E-state index in [0.29, 0.717) is 69.7 Å².